The van der Waals surface area contributed by atoms with Crippen LogP contribution in [0.25, 0.3) is 0 Å². The van der Waals surface area contributed by atoms with Gasteiger partial charge in [-0.15, -0.1) is 0 Å². The van der Waals surface area contributed by atoms with Crippen LogP contribution in [0.4, 0.5) is 11.4 Å². The summed E-state index contributed by atoms with van der Waals surface area (Å²) < 4.78 is 0. The van der Waals surface area contributed by atoms with Crippen LogP contribution in [0, 0.1) is 0 Å². The lowest BCUT2D eigenvalue weighted by Gasteiger charge is -2.27. The van der Waals surface area contributed by atoms with E-state index in [-0.39, 0.29) is 5.56 Å². The Hall–Kier alpha value is -2.24. The molecule has 6 heteroatoms. The van der Waals surface area contributed by atoms with Gasteiger partial charge in [0.1, 0.15) is 6.04 Å². The van der Waals surface area contributed by atoms with Crippen molar-refractivity contribution in [2.24, 2.45) is 5.73 Å². The van der Waals surface area contributed by atoms with Crippen LogP contribution in [0.2, 0.25) is 0 Å². The second-order valence-electron chi connectivity index (χ2n) is 4.30. The minimum Gasteiger partial charge on any atom is -0.478 e. The van der Waals surface area contributed by atoms with Gasteiger partial charge in [0.25, 0.3) is 0 Å². The zero-order valence-electron chi connectivity index (χ0n) is 9.80. The van der Waals surface area contributed by atoms with Crippen LogP contribution < -0.4 is 16.4 Å². The smallest absolute Gasteiger partial charge is 0.337 e. The summed E-state index contributed by atoms with van der Waals surface area (Å²) in [4.78, 5) is 24.3. The summed E-state index contributed by atoms with van der Waals surface area (Å²) in [5.41, 5.74) is 12.0. The molecule has 0 radical (unpaired) electrons. The molecule has 5 N–H and O–H groups in total. The quantitative estimate of drug-likeness (QED) is 0.672. The van der Waals surface area contributed by atoms with Crippen molar-refractivity contribution in [2.75, 3.05) is 17.2 Å². The third-order valence-electron chi connectivity index (χ3n) is 3.17. The standard InChI is InChI=1S/C12H15N3O3/c13-8-4-1-3-7(12(17)18)10(8)15-6-2-5-9(15)11(14)16/h1,3-4,9H,2,5-6,13H2,(H2,14,16)(H,17,18). The van der Waals surface area contributed by atoms with Crippen LogP contribution in [-0.4, -0.2) is 29.6 Å². The van der Waals surface area contributed by atoms with Crippen LogP contribution in [0.1, 0.15) is 23.2 Å². The fourth-order valence-corrected chi connectivity index (χ4v) is 2.38. The second kappa shape index (κ2) is 4.56. The number of carbonyl (C=O) groups is 2. The van der Waals surface area contributed by atoms with Crippen LogP contribution in [0.15, 0.2) is 18.2 Å². The molecule has 96 valence electrons. The summed E-state index contributed by atoms with van der Waals surface area (Å²) in [6.45, 7) is 0.585. The zero-order chi connectivity index (χ0) is 13.3. The van der Waals surface area contributed by atoms with Gasteiger partial charge in [-0.3, -0.25) is 4.79 Å². The summed E-state index contributed by atoms with van der Waals surface area (Å²) in [7, 11) is 0. The van der Waals surface area contributed by atoms with Gasteiger partial charge in [-0.1, -0.05) is 6.07 Å². The maximum absolute atomic E-state index is 11.4. The number of nitrogens with zero attached hydrogens (tertiary/aromatic N) is 1. The Morgan fingerprint density at radius 3 is 2.72 bits per heavy atom. The molecule has 0 bridgehead atoms. The topological polar surface area (TPSA) is 110 Å². The first kappa shape index (κ1) is 12.2. The highest BCUT2D eigenvalue weighted by atomic mass is 16.4. The lowest BCUT2D eigenvalue weighted by Crippen LogP contribution is -2.41. The first-order valence-corrected chi connectivity index (χ1v) is 5.70. The first-order chi connectivity index (χ1) is 8.52. The fourth-order valence-electron chi connectivity index (χ4n) is 2.38. The number of nitrogen functional groups attached to an aromatic ring is 1. The molecule has 1 saturated heterocycles. The van der Waals surface area contributed by atoms with Crippen molar-refractivity contribution in [2.45, 2.75) is 18.9 Å². The number of carbonyl (C=O) groups excluding carboxylic acids is 1. The van der Waals surface area contributed by atoms with E-state index in [4.69, 9.17) is 11.5 Å². The van der Waals surface area contributed by atoms with Gasteiger partial charge in [0.05, 0.1) is 16.9 Å². The number of anilines is 2. The molecule has 1 aliphatic rings. The molecule has 1 heterocycles. The molecule has 0 aromatic heterocycles. The molecule has 1 amide bonds. The first-order valence-electron chi connectivity index (χ1n) is 5.70. The molecule has 1 atom stereocenters. The highest BCUT2D eigenvalue weighted by Gasteiger charge is 2.32. The summed E-state index contributed by atoms with van der Waals surface area (Å²) in [6, 6.07) is 4.20. The lowest BCUT2D eigenvalue weighted by atomic mass is 10.1. The van der Waals surface area contributed by atoms with E-state index in [1.54, 1.807) is 17.0 Å². The minimum atomic E-state index is -1.06. The van der Waals surface area contributed by atoms with Gasteiger partial charge < -0.3 is 21.5 Å². The van der Waals surface area contributed by atoms with E-state index in [0.29, 0.717) is 24.3 Å². The van der Waals surface area contributed by atoms with Gasteiger partial charge in [-0.2, -0.15) is 0 Å². The van der Waals surface area contributed by atoms with E-state index < -0.39 is 17.9 Å². The lowest BCUT2D eigenvalue weighted by molar-refractivity contribution is -0.119. The number of primary amides is 1. The number of para-hydroxylation sites is 1. The van der Waals surface area contributed by atoms with Crippen molar-refractivity contribution < 1.29 is 14.7 Å². The van der Waals surface area contributed by atoms with Gasteiger partial charge >= 0.3 is 5.97 Å². The molecule has 1 fully saturated rings. The van der Waals surface area contributed by atoms with Crippen molar-refractivity contribution >= 4 is 23.3 Å². The highest BCUT2D eigenvalue weighted by Crippen LogP contribution is 2.33. The molecule has 0 spiro atoms. The molecule has 0 aliphatic carbocycles. The molecule has 0 saturated carbocycles. The van der Waals surface area contributed by atoms with Crippen LogP contribution in [0.5, 0.6) is 0 Å². The number of benzene rings is 1. The minimum absolute atomic E-state index is 0.100. The van der Waals surface area contributed by atoms with Crippen molar-refractivity contribution in [1.29, 1.82) is 0 Å². The summed E-state index contributed by atoms with van der Waals surface area (Å²) in [5.74, 6) is -1.51. The maximum Gasteiger partial charge on any atom is 0.337 e. The van der Waals surface area contributed by atoms with Crippen molar-refractivity contribution in [3.05, 3.63) is 23.8 Å². The largest absolute Gasteiger partial charge is 0.478 e. The monoisotopic (exact) mass is 249 g/mol. The predicted octanol–water partition coefficient (Wildman–Crippen LogP) is 0.421. The Morgan fingerprint density at radius 2 is 2.11 bits per heavy atom. The van der Waals surface area contributed by atoms with Crippen LogP contribution in [0.3, 0.4) is 0 Å². The third-order valence-corrected chi connectivity index (χ3v) is 3.17. The zero-order valence-corrected chi connectivity index (χ0v) is 9.80. The summed E-state index contributed by atoms with van der Waals surface area (Å²) in [5, 5.41) is 9.18. The van der Waals surface area contributed by atoms with Gasteiger partial charge in [0.2, 0.25) is 5.91 Å². The van der Waals surface area contributed by atoms with Crippen molar-refractivity contribution in [1.82, 2.24) is 0 Å². The van der Waals surface area contributed by atoms with Crippen LogP contribution in [-0.2, 0) is 4.79 Å². The number of hydrogen-bond acceptors (Lipinski definition) is 4. The molecule has 1 aromatic carbocycles. The van der Waals surface area contributed by atoms with E-state index in [1.165, 1.54) is 6.07 Å². The second-order valence-corrected chi connectivity index (χ2v) is 4.30. The Balaban J connectivity index is 2.50. The van der Waals surface area contributed by atoms with Crippen LogP contribution >= 0.6 is 0 Å². The molecule has 2 rings (SSSR count). The molecule has 1 unspecified atom stereocenters. The average molecular weight is 249 g/mol. The predicted molar refractivity (Wildman–Crippen MR) is 67.4 cm³/mol. The Labute approximate surface area is 104 Å². The van der Waals surface area contributed by atoms with Gasteiger partial charge in [-0.25, -0.2) is 4.79 Å². The molecule has 1 aromatic rings. The number of carboxylic acid groups (broad SMARTS) is 1. The number of amides is 1. The van der Waals surface area contributed by atoms with Gasteiger partial charge in [-0.05, 0) is 25.0 Å². The Morgan fingerprint density at radius 1 is 1.39 bits per heavy atom. The Kier molecular flexibility index (Phi) is 3.10. The SMILES string of the molecule is NC(=O)C1CCCN1c1c(N)cccc1C(=O)O. The number of carboxylic acids is 1. The third kappa shape index (κ3) is 1.97. The van der Waals surface area contributed by atoms with Crippen molar-refractivity contribution in [3.8, 4) is 0 Å². The normalized spacial score (nSPS) is 18.9. The highest BCUT2D eigenvalue weighted by molar-refractivity contribution is 5.99. The number of aromatic carboxylic acids is 1. The molecule has 6 nitrogen and oxygen atoms in total. The van der Waals surface area contributed by atoms with Crippen molar-refractivity contribution in [3.63, 3.8) is 0 Å². The van der Waals surface area contributed by atoms with E-state index in [2.05, 4.69) is 0 Å². The summed E-state index contributed by atoms with van der Waals surface area (Å²) >= 11 is 0. The van der Waals surface area contributed by atoms with E-state index in [0.717, 1.165) is 6.42 Å². The number of hydrogen-bond donors (Lipinski definition) is 3. The molecular formula is C12H15N3O3. The Bertz CT molecular complexity index is 501. The molecule has 18 heavy (non-hydrogen) atoms. The fraction of sp³-hybridized carbons (Fsp3) is 0.333. The summed E-state index contributed by atoms with van der Waals surface area (Å²) in [6.07, 6.45) is 1.42. The van der Waals surface area contributed by atoms with Gasteiger partial charge in [0.15, 0.2) is 0 Å². The van der Waals surface area contributed by atoms with E-state index in [9.17, 15) is 14.7 Å². The molecule has 1 aliphatic heterocycles. The van der Waals surface area contributed by atoms with Gasteiger partial charge in [0, 0.05) is 6.54 Å². The number of nitrogens with two attached hydrogens (primary N) is 2. The number of rotatable bonds is 3. The maximum atomic E-state index is 11.4. The van der Waals surface area contributed by atoms with E-state index in [1.807, 2.05) is 0 Å². The van der Waals surface area contributed by atoms with E-state index >= 15 is 0 Å². The molecular weight excluding hydrogens is 234 g/mol. The average Bonchev–Trinajstić information content (AvgIpc) is 2.77.